The van der Waals surface area contributed by atoms with Crippen LogP contribution in [0.4, 0.5) is 0 Å². The Bertz CT molecular complexity index is 559. The molecule has 22 heavy (non-hydrogen) atoms. The van der Waals surface area contributed by atoms with Crippen molar-refractivity contribution in [2.24, 2.45) is 11.8 Å². The quantitative estimate of drug-likeness (QED) is 0.881. The Morgan fingerprint density at radius 2 is 1.18 bits per heavy atom. The molecule has 0 amide bonds. The lowest BCUT2D eigenvalue weighted by Crippen LogP contribution is -2.52. The Hall–Kier alpha value is -1.64. The number of hydrogen-bond donors (Lipinski definition) is 2. The number of fused-ring (bicyclic) bond motifs is 2. The predicted molar refractivity (Wildman–Crippen MR) is 88.3 cm³/mol. The lowest BCUT2D eigenvalue weighted by Gasteiger charge is -2.50. The van der Waals surface area contributed by atoms with E-state index >= 15 is 0 Å². The van der Waals surface area contributed by atoms with Gasteiger partial charge in [0.2, 0.25) is 0 Å². The van der Waals surface area contributed by atoms with Crippen LogP contribution in [-0.2, 0) is 0 Å². The second-order valence-corrected chi connectivity index (χ2v) is 6.69. The fraction of sp³-hybridized carbons (Fsp3) is 0.400. The fourth-order valence-corrected chi connectivity index (χ4v) is 4.42. The zero-order valence-corrected chi connectivity index (χ0v) is 12.7. The van der Waals surface area contributed by atoms with Gasteiger partial charge in [-0.05, 0) is 24.0 Å². The molecule has 2 heteroatoms. The summed E-state index contributed by atoms with van der Waals surface area (Å²) in [5, 5.41) is 14.8. The molecule has 1 saturated heterocycles. The number of hydrogen-bond acceptors (Lipinski definition) is 2. The minimum absolute atomic E-state index is 0.203. The molecule has 1 heterocycles. The van der Waals surface area contributed by atoms with Crippen molar-refractivity contribution in [2.75, 3.05) is 0 Å². The largest absolute Gasteiger partial charge is 0.392 e. The van der Waals surface area contributed by atoms with Crippen molar-refractivity contribution in [2.45, 2.75) is 37.5 Å². The molecule has 1 saturated carbocycles. The van der Waals surface area contributed by atoms with Crippen molar-refractivity contribution < 1.29 is 5.11 Å². The molecule has 0 radical (unpaired) electrons. The van der Waals surface area contributed by atoms with Gasteiger partial charge in [-0.1, -0.05) is 67.1 Å². The van der Waals surface area contributed by atoms with Gasteiger partial charge in [-0.3, -0.25) is 0 Å². The molecule has 2 aromatic rings. The van der Waals surface area contributed by atoms with E-state index in [1.54, 1.807) is 0 Å². The maximum absolute atomic E-state index is 10.9. The van der Waals surface area contributed by atoms with Crippen molar-refractivity contribution in [1.29, 1.82) is 0 Å². The Labute approximate surface area is 132 Å². The van der Waals surface area contributed by atoms with Gasteiger partial charge < -0.3 is 10.4 Å². The Morgan fingerprint density at radius 3 is 1.64 bits per heavy atom. The summed E-state index contributed by atoms with van der Waals surface area (Å²) in [6, 6.07) is 21.7. The van der Waals surface area contributed by atoms with Crippen LogP contribution < -0.4 is 5.32 Å². The van der Waals surface area contributed by atoms with Crippen LogP contribution in [0.2, 0.25) is 0 Å². The van der Waals surface area contributed by atoms with Gasteiger partial charge in [0.05, 0.1) is 6.10 Å². The monoisotopic (exact) mass is 293 g/mol. The summed E-state index contributed by atoms with van der Waals surface area (Å²) in [7, 11) is 0. The van der Waals surface area contributed by atoms with Crippen LogP contribution in [0.15, 0.2) is 60.7 Å². The van der Waals surface area contributed by atoms with Gasteiger partial charge in [-0.15, -0.1) is 0 Å². The molecule has 2 bridgehead atoms. The van der Waals surface area contributed by atoms with Gasteiger partial charge in [-0.25, -0.2) is 0 Å². The first-order valence-corrected chi connectivity index (χ1v) is 8.38. The molecule has 2 aliphatic rings. The number of nitrogens with one attached hydrogen (secondary N) is 1. The molecule has 114 valence electrons. The second kappa shape index (κ2) is 5.86. The second-order valence-electron chi connectivity index (χ2n) is 6.69. The smallest absolute Gasteiger partial charge is 0.0632 e. The normalized spacial score (nSPS) is 34.3. The van der Waals surface area contributed by atoms with Crippen molar-refractivity contribution in [3.05, 3.63) is 71.8 Å². The summed E-state index contributed by atoms with van der Waals surface area (Å²) in [6.07, 6.45) is 3.25. The van der Waals surface area contributed by atoms with Crippen molar-refractivity contribution in [1.82, 2.24) is 5.32 Å². The summed E-state index contributed by atoms with van der Waals surface area (Å²) in [4.78, 5) is 0. The van der Waals surface area contributed by atoms with E-state index in [-0.39, 0.29) is 18.2 Å². The maximum atomic E-state index is 10.9. The highest BCUT2D eigenvalue weighted by Gasteiger charge is 2.46. The molecule has 0 spiro atoms. The Kier molecular flexibility index (Phi) is 3.73. The van der Waals surface area contributed by atoms with E-state index in [0.717, 1.165) is 12.8 Å². The highest BCUT2D eigenvalue weighted by atomic mass is 16.3. The highest BCUT2D eigenvalue weighted by molar-refractivity contribution is 5.27. The topological polar surface area (TPSA) is 32.3 Å². The van der Waals surface area contributed by atoms with Crippen LogP contribution in [0.25, 0.3) is 0 Å². The lowest BCUT2D eigenvalue weighted by molar-refractivity contribution is -0.0517. The van der Waals surface area contributed by atoms with Crippen molar-refractivity contribution >= 4 is 0 Å². The van der Waals surface area contributed by atoms with Gasteiger partial charge in [-0.2, -0.15) is 0 Å². The lowest BCUT2D eigenvalue weighted by atomic mass is 9.66. The number of aliphatic hydroxyl groups is 1. The summed E-state index contributed by atoms with van der Waals surface area (Å²) < 4.78 is 0. The molecule has 2 fully saturated rings. The zero-order chi connectivity index (χ0) is 14.9. The molecule has 4 rings (SSSR count). The van der Waals surface area contributed by atoms with E-state index in [4.69, 9.17) is 0 Å². The summed E-state index contributed by atoms with van der Waals surface area (Å²) in [5.74, 6) is 0.669. The van der Waals surface area contributed by atoms with Crippen LogP contribution in [0.3, 0.4) is 0 Å². The molecule has 5 atom stereocenters. The molecular weight excluding hydrogens is 270 g/mol. The van der Waals surface area contributed by atoms with Crippen LogP contribution >= 0.6 is 0 Å². The van der Waals surface area contributed by atoms with Crippen molar-refractivity contribution in [3.63, 3.8) is 0 Å². The standard InChI is InChI=1S/C20H23NO/c22-20-16-12-7-13-17(20)19(15-10-5-2-6-11-15)21-18(16)14-8-3-1-4-9-14/h1-6,8-11,16-22H,7,12-13H2/t16-,17+,18-,19-,20?/m0/s1. The van der Waals surface area contributed by atoms with E-state index in [0.29, 0.717) is 11.8 Å². The average molecular weight is 293 g/mol. The van der Waals surface area contributed by atoms with E-state index in [1.165, 1.54) is 17.5 Å². The number of benzene rings is 2. The van der Waals surface area contributed by atoms with Gasteiger partial charge >= 0.3 is 0 Å². The summed E-state index contributed by atoms with van der Waals surface area (Å²) in [6.45, 7) is 0. The highest BCUT2D eigenvalue weighted by Crippen LogP contribution is 2.47. The molecule has 1 aliphatic carbocycles. The summed E-state index contributed by atoms with van der Waals surface area (Å²) >= 11 is 0. The number of rotatable bonds is 2. The molecule has 1 unspecified atom stereocenters. The summed E-state index contributed by atoms with van der Waals surface area (Å²) in [5.41, 5.74) is 2.60. The Morgan fingerprint density at radius 1 is 0.727 bits per heavy atom. The molecule has 2 N–H and O–H groups in total. The first-order valence-electron chi connectivity index (χ1n) is 8.38. The third-order valence-corrected chi connectivity index (χ3v) is 5.49. The van der Waals surface area contributed by atoms with Gasteiger partial charge in [0, 0.05) is 23.9 Å². The van der Waals surface area contributed by atoms with Gasteiger partial charge in [0.1, 0.15) is 0 Å². The number of piperidine rings is 1. The van der Waals surface area contributed by atoms with E-state index in [2.05, 4.69) is 66.0 Å². The minimum Gasteiger partial charge on any atom is -0.392 e. The molecular formula is C20H23NO. The van der Waals surface area contributed by atoms with E-state index in [9.17, 15) is 5.11 Å². The van der Waals surface area contributed by atoms with Crippen LogP contribution in [0, 0.1) is 11.8 Å². The third kappa shape index (κ3) is 2.37. The minimum atomic E-state index is -0.203. The van der Waals surface area contributed by atoms with Gasteiger partial charge in [0.15, 0.2) is 0 Å². The van der Waals surface area contributed by atoms with E-state index < -0.39 is 0 Å². The van der Waals surface area contributed by atoms with Gasteiger partial charge in [0.25, 0.3) is 0 Å². The SMILES string of the molecule is OC1[C@H]2CCC[C@@H]1[C@H](c1ccccc1)N[C@H]2c1ccccc1. The van der Waals surface area contributed by atoms with Crippen LogP contribution in [-0.4, -0.2) is 11.2 Å². The first-order chi connectivity index (χ1) is 10.8. The fourth-order valence-electron chi connectivity index (χ4n) is 4.42. The van der Waals surface area contributed by atoms with Crippen molar-refractivity contribution in [3.8, 4) is 0 Å². The van der Waals surface area contributed by atoms with E-state index in [1.807, 2.05) is 0 Å². The third-order valence-electron chi connectivity index (χ3n) is 5.49. The van der Waals surface area contributed by atoms with Crippen LogP contribution in [0.5, 0.6) is 0 Å². The Balaban J connectivity index is 1.71. The first kappa shape index (κ1) is 14.0. The number of aliphatic hydroxyl groups excluding tert-OH is 1. The maximum Gasteiger partial charge on any atom is 0.0632 e. The molecule has 1 aliphatic heterocycles. The molecule has 0 aromatic heterocycles. The van der Waals surface area contributed by atoms with Crippen LogP contribution in [0.1, 0.15) is 42.5 Å². The zero-order valence-electron chi connectivity index (χ0n) is 12.7. The molecule has 2 nitrogen and oxygen atoms in total. The molecule has 2 aromatic carbocycles. The average Bonchev–Trinajstić information content (AvgIpc) is 2.57. The predicted octanol–water partition coefficient (Wildman–Crippen LogP) is 3.85.